The lowest BCUT2D eigenvalue weighted by Crippen LogP contribution is -2.61. The number of ether oxygens (including phenoxy) is 3. The molecule has 1 aliphatic rings. The first-order chi connectivity index (χ1) is 36.2. The maximum absolute atomic E-state index is 13.4. The van der Waals surface area contributed by atoms with Crippen molar-refractivity contribution in [1.29, 1.82) is 0 Å². The summed E-state index contributed by atoms with van der Waals surface area (Å²) < 4.78 is 17.5. The lowest BCUT2D eigenvalue weighted by Gasteiger charge is -2.41. The van der Waals surface area contributed by atoms with Crippen LogP contribution in [0.4, 0.5) is 0 Å². The number of carbonyl (C=O) groups is 2. The number of aliphatic hydroxyl groups excluding tert-OH is 5. The number of rotatable bonds is 48. The van der Waals surface area contributed by atoms with Crippen molar-refractivity contribution in [1.82, 2.24) is 5.32 Å². The fourth-order valence-corrected chi connectivity index (χ4v) is 8.53. The van der Waals surface area contributed by atoms with Gasteiger partial charge in [-0.15, -0.1) is 0 Å². The molecule has 1 heterocycles. The van der Waals surface area contributed by atoms with Crippen LogP contribution in [0.1, 0.15) is 226 Å². The number of esters is 1. The average molecular weight is 1040 g/mol. The number of hydrogen-bond donors (Lipinski definition) is 6. The van der Waals surface area contributed by atoms with E-state index in [1.807, 2.05) is 6.08 Å². The predicted molar refractivity (Wildman–Crippen MR) is 305 cm³/mol. The van der Waals surface area contributed by atoms with Crippen molar-refractivity contribution in [3.63, 3.8) is 0 Å². The van der Waals surface area contributed by atoms with Crippen molar-refractivity contribution in [2.24, 2.45) is 0 Å². The fourth-order valence-electron chi connectivity index (χ4n) is 8.53. The van der Waals surface area contributed by atoms with Gasteiger partial charge >= 0.3 is 5.97 Å². The van der Waals surface area contributed by atoms with E-state index in [0.717, 1.165) is 96.3 Å². The van der Waals surface area contributed by atoms with E-state index in [9.17, 15) is 35.1 Å². The van der Waals surface area contributed by atoms with Crippen molar-refractivity contribution in [3.8, 4) is 0 Å². The number of carbonyl (C=O) groups excluding carboxylic acids is 2. The van der Waals surface area contributed by atoms with E-state index in [2.05, 4.69) is 111 Å². The summed E-state index contributed by atoms with van der Waals surface area (Å²) in [7, 11) is 0. The highest BCUT2D eigenvalue weighted by molar-refractivity contribution is 5.80. The second kappa shape index (κ2) is 50.4. The number of unbranched alkanes of at least 4 members (excludes halogenated alkanes) is 20. The molecular formula is C63H107NO10. The van der Waals surface area contributed by atoms with Crippen LogP contribution < -0.4 is 5.32 Å². The average Bonchev–Trinajstić information content (AvgIpc) is 3.40. The number of amides is 1. The molecule has 1 fully saturated rings. The molecule has 1 aliphatic heterocycles. The van der Waals surface area contributed by atoms with Crippen molar-refractivity contribution >= 4 is 11.9 Å². The molecule has 11 heteroatoms. The molecule has 1 rings (SSSR count). The van der Waals surface area contributed by atoms with Gasteiger partial charge in [-0.05, 0) is 103 Å². The Morgan fingerprint density at radius 3 is 1.47 bits per heavy atom. The maximum Gasteiger partial charge on any atom is 0.306 e. The molecule has 0 aromatic carbocycles. The molecular weight excluding hydrogens is 931 g/mol. The van der Waals surface area contributed by atoms with E-state index < -0.39 is 67.4 Å². The summed E-state index contributed by atoms with van der Waals surface area (Å²) >= 11 is 0. The van der Waals surface area contributed by atoms with Gasteiger partial charge in [0.15, 0.2) is 12.4 Å². The molecule has 424 valence electrons. The highest BCUT2D eigenvalue weighted by atomic mass is 16.7. The Labute approximate surface area is 450 Å². The van der Waals surface area contributed by atoms with E-state index >= 15 is 0 Å². The van der Waals surface area contributed by atoms with E-state index in [4.69, 9.17) is 14.2 Å². The van der Waals surface area contributed by atoms with Gasteiger partial charge in [-0.3, -0.25) is 9.59 Å². The zero-order valence-corrected chi connectivity index (χ0v) is 46.7. The van der Waals surface area contributed by atoms with Crippen LogP contribution in [-0.2, 0) is 23.8 Å². The molecule has 0 radical (unpaired) electrons. The van der Waals surface area contributed by atoms with Crippen LogP contribution in [0, 0.1) is 0 Å². The van der Waals surface area contributed by atoms with Gasteiger partial charge in [-0.1, -0.05) is 214 Å². The first-order valence-electron chi connectivity index (χ1n) is 29.5. The Balaban J connectivity index is 2.73. The van der Waals surface area contributed by atoms with Crippen molar-refractivity contribution in [3.05, 3.63) is 97.2 Å². The monoisotopic (exact) mass is 1040 g/mol. The molecule has 1 saturated heterocycles. The maximum atomic E-state index is 13.4. The van der Waals surface area contributed by atoms with Gasteiger partial charge < -0.3 is 45.1 Å². The largest absolute Gasteiger partial charge is 0.454 e. The first kappa shape index (κ1) is 68.6. The number of nitrogens with one attached hydrogen (secondary N) is 1. The van der Waals surface area contributed by atoms with Gasteiger partial charge in [0.2, 0.25) is 5.91 Å². The number of aliphatic hydroxyl groups is 5. The molecule has 74 heavy (non-hydrogen) atoms. The minimum atomic E-state index is -1.64. The topological polar surface area (TPSA) is 175 Å². The molecule has 0 spiro atoms. The van der Waals surface area contributed by atoms with E-state index in [0.29, 0.717) is 12.8 Å². The first-order valence-corrected chi connectivity index (χ1v) is 29.5. The second-order valence-corrected chi connectivity index (χ2v) is 20.0. The highest BCUT2D eigenvalue weighted by Gasteiger charge is 2.47. The second-order valence-electron chi connectivity index (χ2n) is 20.0. The van der Waals surface area contributed by atoms with Crippen molar-refractivity contribution in [2.75, 3.05) is 13.2 Å². The van der Waals surface area contributed by atoms with Gasteiger partial charge in [0.1, 0.15) is 24.4 Å². The standard InChI is InChI=1S/C63H107NO10/c1-4-7-10-13-16-19-22-24-25-26-27-28-29-30-31-33-36-39-42-45-48-51-58(68)74-61-60(70)59(69)57(52-65)73-63(61)72-53-54(55(66)49-46-43-40-37-34-21-18-15-12-9-6-3)64-62(71)56(67)50-47-44-41-38-35-32-23-20-17-14-11-8-5-2/h7,10,16,19,24-25,27-28,30-31,35-36,38-39,46,49,54-57,59-61,63,65-67,69-70H,4-6,8-9,11-15,17-18,20-23,26,29,32-34,37,40-45,47-48,50-53H2,1-3H3,(H,64,71)/b10-7-,19-16-,25-24-,28-27-,31-30-,38-35-,39-36-,49-46+. The summed E-state index contributed by atoms with van der Waals surface area (Å²) in [5.41, 5.74) is 0. The van der Waals surface area contributed by atoms with Crippen LogP contribution in [0.2, 0.25) is 0 Å². The Morgan fingerprint density at radius 2 is 0.973 bits per heavy atom. The molecule has 11 nitrogen and oxygen atoms in total. The normalized spacial score (nSPS) is 20.0. The van der Waals surface area contributed by atoms with Crippen LogP contribution >= 0.6 is 0 Å². The SMILES string of the molecule is CC/C=C\C/C=C\C/C=C\C/C=C\C/C=C\C/C=C\CCCCC(=O)OC1C(OCC(NC(=O)C(O)CCCC/C=C\CCCCCCCCC)C(O)/C=C/CCCCCCCCCCC)OC(CO)C(O)C1O. The Hall–Kier alpha value is -3.42. The zero-order valence-electron chi connectivity index (χ0n) is 46.7. The van der Waals surface area contributed by atoms with Crippen LogP contribution in [0.5, 0.6) is 0 Å². The van der Waals surface area contributed by atoms with Crippen molar-refractivity contribution < 1.29 is 49.3 Å². The summed E-state index contributed by atoms with van der Waals surface area (Å²) in [4.78, 5) is 26.4. The van der Waals surface area contributed by atoms with E-state index in [-0.39, 0.29) is 19.4 Å². The van der Waals surface area contributed by atoms with Crippen molar-refractivity contribution in [2.45, 2.75) is 275 Å². The Bertz CT molecular complexity index is 1570. The minimum Gasteiger partial charge on any atom is -0.454 e. The van der Waals surface area contributed by atoms with Gasteiger partial charge in [-0.2, -0.15) is 0 Å². The molecule has 0 aliphatic carbocycles. The predicted octanol–water partition coefficient (Wildman–Crippen LogP) is 13.6. The van der Waals surface area contributed by atoms with Gasteiger partial charge in [0, 0.05) is 6.42 Å². The summed E-state index contributed by atoms with van der Waals surface area (Å²) in [5, 5.41) is 56.8. The van der Waals surface area contributed by atoms with E-state index in [1.54, 1.807) is 6.08 Å². The smallest absolute Gasteiger partial charge is 0.306 e. The highest BCUT2D eigenvalue weighted by Crippen LogP contribution is 2.26. The fraction of sp³-hybridized carbons (Fsp3) is 0.714. The Kier molecular flexibility index (Phi) is 46.7. The summed E-state index contributed by atoms with van der Waals surface area (Å²) in [6.45, 7) is 5.61. The van der Waals surface area contributed by atoms with Crippen LogP contribution in [-0.4, -0.2) is 99.6 Å². The molecule has 1 amide bonds. The van der Waals surface area contributed by atoms with Crippen LogP contribution in [0.15, 0.2) is 97.2 Å². The molecule has 6 N–H and O–H groups in total. The van der Waals surface area contributed by atoms with Crippen LogP contribution in [0.25, 0.3) is 0 Å². The summed E-state index contributed by atoms with van der Waals surface area (Å²) in [5.74, 6) is -1.26. The quantitative estimate of drug-likeness (QED) is 0.0195. The zero-order chi connectivity index (χ0) is 54.0. The molecule has 0 aromatic heterocycles. The lowest BCUT2D eigenvalue weighted by atomic mass is 9.99. The Morgan fingerprint density at radius 1 is 0.541 bits per heavy atom. The lowest BCUT2D eigenvalue weighted by molar-refractivity contribution is -0.305. The molecule has 8 unspecified atom stereocenters. The summed E-state index contributed by atoms with van der Waals surface area (Å²) in [6, 6.07) is -1.04. The minimum absolute atomic E-state index is 0.0622. The third kappa shape index (κ3) is 38.2. The third-order valence-corrected chi connectivity index (χ3v) is 13.2. The number of allylic oxidation sites excluding steroid dienone is 15. The summed E-state index contributed by atoms with van der Waals surface area (Å²) in [6.07, 6.45) is 56.0. The molecule has 0 bridgehead atoms. The van der Waals surface area contributed by atoms with E-state index in [1.165, 1.54) is 83.5 Å². The van der Waals surface area contributed by atoms with Gasteiger partial charge in [0.05, 0.1) is 25.4 Å². The van der Waals surface area contributed by atoms with Gasteiger partial charge in [-0.25, -0.2) is 0 Å². The third-order valence-electron chi connectivity index (χ3n) is 13.2. The van der Waals surface area contributed by atoms with Gasteiger partial charge in [0.25, 0.3) is 0 Å². The molecule has 8 atom stereocenters. The molecule has 0 saturated carbocycles. The van der Waals surface area contributed by atoms with Crippen LogP contribution in [0.3, 0.4) is 0 Å². The number of hydrogen-bond acceptors (Lipinski definition) is 10. The molecule has 0 aromatic rings.